The van der Waals surface area contributed by atoms with Crippen LogP contribution in [0.4, 0.5) is 0 Å². The van der Waals surface area contributed by atoms with Crippen molar-refractivity contribution in [3.8, 4) is 5.75 Å². The molecule has 1 atom stereocenters. The van der Waals surface area contributed by atoms with E-state index in [4.69, 9.17) is 9.47 Å². The van der Waals surface area contributed by atoms with Crippen LogP contribution in [-0.4, -0.2) is 24.4 Å². The molecule has 1 saturated heterocycles. The second kappa shape index (κ2) is 5.47. The summed E-state index contributed by atoms with van der Waals surface area (Å²) in [5.41, 5.74) is 4.88. The zero-order chi connectivity index (χ0) is 15.9. The van der Waals surface area contributed by atoms with Crippen LogP contribution in [0.1, 0.15) is 38.3 Å². The van der Waals surface area contributed by atoms with E-state index >= 15 is 0 Å². The first-order valence-electron chi connectivity index (χ1n) is 7.83. The van der Waals surface area contributed by atoms with Gasteiger partial charge in [0.1, 0.15) is 18.5 Å². The first-order valence-corrected chi connectivity index (χ1v) is 7.83. The molecule has 0 spiro atoms. The molecule has 2 aliphatic rings. The Morgan fingerprint density at radius 2 is 2.05 bits per heavy atom. The summed E-state index contributed by atoms with van der Waals surface area (Å²) >= 11 is 0. The van der Waals surface area contributed by atoms with Gasteiger partial charge in [0.2, 0.25) is 0 Å². The van der Waals surface area contributed by atoms with E-state index in [1.807, 2.05) is 19.1 Å². The van der Waals surface area contributed by atoms with Gasteiger partial charge in [-0.15, -0.1) is 0 Å². The maximum Gasteiger partial charge on any atom is 0.116 e. The summed E-state index contributed by atoms with van der Waals surface area (Å²) in [6, 6.07) is 5.60. The lowest BCUT2D eigenvalue weighted by Crippen LogP contribution is -2.21. The normalized spacial score (nSPS) is 23.3. The van der Waals surface area contributed by atoms with Crippen LogP contribution in [0, 0.1) is 12.3 Å². The number of aryl methyl sites for hydroxylation is 1. The molecule has 3 rings (SSSR count). The minimum Gasteiger partial charge on any atom is -0.508 e. The predicted molar refractivity (Wildman–Crippen MR) is 87.6 cm³/mol. The minimum absolute atomic E-state index is 0.000305. The molecule has 1 aliphatic heterocycles. The highest BCUT2D eigenvalue weighted by atomic mass is 16.6. The van der Waals surface area contributed by atoms with Crippen molar-refractivity contribution in [2.24, 2.45) is 5.41 Å². The standard InChI is InChI=1S/C19H24O3/c1-12-7-14(20)5-6-17(12)18-13(2)8-15(9-19(18,3)4)21-10-16-11-22-16/h5-8,16,20H,9-11H2,1-4H3. The fraction of sp³-hybridized carbons (Fsp3) is 0.474. The van der Waals surface area contributed by atoms with Gasteiger partial charge in [0.25, 0.3) is 0 Å². The molecule has 22 heavy (non-hydrogen) atoms. The number of phenolic OH excluding ortho intramolecular Hbond substituents is 1. The number of rotatable bonds is 4. The molecule has 1 N–H and O–H groups in total. The number of phenols is 1. The fourth-order valence-corrected chi connectivity index (χ4v) is 3.38. The van der Waals surface area contributed by atoms with Crippen LogP contribution >= 0.6 is 0 Å². The SMILES string of the molecule is CC1=C(c2ccc(O)cc2C)C(C)(C)CC(OCC2CO2)=C1. The number of benzene rings is 1. The van der Waals surface area contributed by atoms with Crippen LogP contribution in [0.15, 0.2) is 35.6 Å². The monoisotopic (exact) mass is 300 g/mol. The van der Waals surface area contributed by atoms with Gasteiger partial charge in [0.15, 0.2) is 0 Å². The molecule has 1 unspecified atom stereocenters. The van der Waals surface area contributed by atoms with Gasteiger partial charge in [-0.25, -0.2) is 0 Å². The van der Waals surface area contributed by atoms with Crippen molar-refractivity contribution in [2.45, 2.75) is 40.2 Å². The van der Waals surface area contributed by atoms with Crippen molar-refractivity contribution in [3.05, 3.63) is 46.7 Å². The van der Waals surface area contributed by atoms with E-state index in [1.165, 1.54) is 16.7 Å². The van der Waals surface area contributed by atoms with E-state index in [2.05, 4.69) is 26.8 Å². The highest BCUT2D eigenvalue weighted by molar-refractivity contribution is 5.78. The molecule has 0 bridgehead atoms. The van der Waals surface area contributed by atoms with Gasteiger partial charge in [-0.1, -0.05) is 19.9 Å². The maximum atomic E-state index is 9.64. The molecule has 0 radical (unpaired) electrons. The zero-order valence-corrected chi connectivity index (χ0v) is 13.8. The molecule has 0 amide bonds. The van der Waals surface area contributed by atoms with Crippen molar-refractivity contribution in [1.82, 2.24) is 0 Å². The number of allylic oxidation sites excluding steroid dienone is 4. The summed E-state index contributed by atoms with van der Waals surface area (Å²) < 4.78 is 11.1. The Morgan fingerprint density at radius 1 is 1.32 bits per heavy atom. The third kappa shape index (κ3) is 3.05. The van der Waals surface area contributed by atoms with E-state index < -0.39 is 0 Å². The topological polar surface area (TPSA) is 42.0 Å². The van der Waals surface area contributed by atoms with Crippen LogP contribution in [0.3, 0.4) is 0 Å². The Hall–Kier alpha value is -1.74. The van der Waals surface area contributed by atoms with E-state index in [9.17, 15) is 5.11 Å². The lowest BCUT2D eigenvalue weighted by atomic mass is 9.71. The van der Waals surface area contributed by atoms with E-state index in [0.717, 1.165) is 24.4 Å². The summed E-state index contributed by atoms with van der Waals surface area (Å²) in [4.78, 5) is 0. The third-order valence-electron chi connectivity index (χ3n) is 4.40. The summed E-state index contributed by atoms with van der Waals surface area (Å²) in [5, 5.41) is 9.64. The first-order chi connectivity index (χ1) is 10.4. The number of ether oxygens (including phenoxy) is 2. The second-order valence-corrected chi connectivity index (χ2v) is 6.99. The highest BCUT2D eigenvalue weighted by Crippen LogP contribution is 2.46. The molecule has 1 fully saturated rings. The fourth-order valence-electron chi connectivity index (χ4n) is 3.38. The quantitative estimate of drug-likeness (QED) is 0.847. The molecule has 118 valence electrons. The van der Waals surface area contributed by atoms with Gasteiger partial charge in [0.05, 0.1) is 12.4 Å². The second-order valence-electron chi connectivity index (χ2n) is 6.99. The lowest BCUT2D eigenvalue weighted by Gasteiger charge is -2.35. The van der Waals surface area contributed by atoms with Gasteiger partial charge in [-0.05, 0) is 59.7 Å². The number of hydrogen-bond donors (Lipinski definition) is 1. The summed E-state index contributed by atoms with van der Waals surface area (Å²) in [6.45, 7) is 10.2. The molecule has 3 heteroatoms. The van der Waals surface area contributed by atoms with Gasteiger partial charge in [-0.2, -0.15) is 0 Å². The van der Waals surface area contributed by atoms with E-state index in [1.54, 1.807) is 6.07 Å². The average Bonchev–Trinajstić information content (AvgIpc) is 3.21. The Labute approximate surface area is 132 Å². The first kappa shape index (κ1) is 15.2. The molecule has 1 aromatic carbocycles. The largest absolute Gasteiger partial charge is 0.508 e. The van der Waals surface area contributed by atoms with Crippen LogP contribution < -0.4 is 0 Å². The molecule has 1 aliphatic carbocycles. The van der Waals surface area contributed by atoms with Crippen molar-refractivity contribution >= 4 is 5.57 Å². The molecule has 0 saturated carbocycles. The maximum absolute atomic E-state index is 9.64. The van der Waals surface area contributed by atoms with Gasteiger partial charge >= 0.3 is 0 Å². The Kier molecular flexibility index (Phi) is 3.77. The summed E-state index contributed by atoms with van der Waals surface area (Å²) in [5.74, 6) is 1.36. The average molecular weight is 300 g/mol. The van der Waals surface area contributed by atoms with Gasteiger partial charge in [-0.3, -0.25) is 0 Å². The molecular weight excluding hydrogens is 276 g/mol. The van der Waals surface area contributed by atoms with Crippen molar-refractivity contribution in [1.29, 1.82) is 0 Å². The number of epoxide rings is 1. The summed E-state index contributed by atoms with van der Waals surface area (Å²) in [7, 11) is 0. The van der Waals surface area contributed by atoms with Crippen molar-refractivity contribution in [2.75, 3.05) is 13.2 Å². The van der Waals surface area contributed by atoms with Crippen molar-refractivity contribution < 1.29 is 14.6 Å². The Balaban J connectivity index is 1.94. The predicted octanol–water partition coefficient (Wildman–Crippen LogP) is 4.20. The molecule has 0 aromatic heterocycles. The number of hydrogen-bond acceptors (Lipinski definition) is 3. The van der Waals surface area contributed by atoms with E-state index in [-0.39, 0.29) is 11.5 Å². The van der Waals surface area contributed by atoms with E-state index in [0.29, 0.717) is 12.4 Å². The molecule has 1 aromatic rings. The van der Waals surface area contributed by atoms with Crippen LogP contribution in [0.25, 0.3) is 5.57 Å². The van der Waals surface area contributed by atoms with Crippen LogP contribution in [0.2, 0.25) is 0 Å². The minimum atomic E-state index is 0.000305. The Morgan fingerprint density at radius 3 is 2.64 bits per heavy atom. The van der Waals surface area contributed by atoms with Crippen molar-refractivity contribution in [3.63, 3.8) is 0 Å². The zero-order valence-electron chi connectivity index (χ0n) is 13.8. The summed E-state index contributed by atoms with van der Waals surface area (Å²) in [6.07, 6.45) is 3.32. The smallest absolute Gasteiger partial charge is 0.116 e. The number of aromatic hydroxyl groups is 1. The van der Waals surface area contributed by atoms with Crippen LogP contribution in [0.5, 0.6) is 5.75 Å². The molecular formula is C19H24O3. The van der Waals surface area contributed by atoms with Gasteiger partial charge < -0.3 is 14.6 Å². The molecule has 3 nitrogen and oxygen atoms in total. The Bertz CT molecular complexity index is 649. The third-order valence-corrected chi connectivity index (χ3v) is 4.40. The lowest BCUT2D eigenvalue weighted by molar-refractivity contribution is 0.162. The van der Waals surface area contributed by atoms with Crippen LogP contribution in [-0.2, 0) is 9.47 Å². The highest BCUT2D eigenvalue weighted by Gasteiger charge is 2.33. The van der Waals surface area contributed by atoms with Gasteiger partial charge in [0, 0.05) is 6.42 Å². The molecule has 1 heterocycles.